The molecular formula is C27H25BrF3N3O5S. The molecule has 1 N–H and O–H groups in total. The Morgan fingerprint density at radius 3 is 2.48 bits per heavy atom. The molecule has 0 bridgehead atoms. The van der Waals surface area contributed by atoms with Gasteiger partial charge in [-0.3, -0.25) is 9.10 Å². The van der Waals surface area contributed by atoms with Gasteiger partial charge in [-0.1, -0.05) is 36.4 Å². The van der Waals surface area contributed by atoms with Crippen molar-refractivity contribution < 1.29 is 35.9 Å². The molecule has 0 saturated carbocycles. The summed E-state index contributed by atoms with van der Waals surface area (Å²) in [7, 11) is -2.98. The molecule has 13 heteroatoms. The molecule has 0 aliphatic rings. The molecule has 8 nitrogen and oxygen atoms in total. The summed E-state index contributed by atoms with van der Waals surface area (Å²) in [6, 6.07) is 12.7. The standard InChI is InChI=1S/C27H25BrF3N3O5S/c1-4-12-39-26-23(28)13-19(14-24(26)38-3)16-32-33-25(35)17-34(21-7-5-6-20(15-21)27(29,30)31)40(36,37)22-10-8-18(2)9-11-22/h4-11,13-16H,1,12,17H2,2-3H3,(H,33,35)/b32-16+. The number of sulfonamides is 1. The van der Waals surface area contributed by atoms with Crippen LogP contribution in [-0.2, 0) is 21.0 Å². The van der Waals surface area contributed by atoms with Crippen LogP contribution in [0, 0.1) is 6.92 Å². The van der Waals surface area contributed by atoms with Crippen LogP contribution < -0.4 is 19.2 Å². The number of alkyl halides is 3. The summed E-state index contributed by atoms with van der Waals surface area (Å²) in [5, 5.41) is 3.86. The number of hydrazone groups is 1. The molecule has 0 aromatic heterocycles. The normalized spacial score (nSPS) is 11.8. The lowest BCUT2D eigenvalue weighted by atomic mass is 10.2. The fraction of sp³-hybridized carbons (Fsp3) is 0.185. The minimum atomic E-state index is -4.72. The van der Waals surface area contributed by atoms with Crippen molar-refractivity contribution in [1.29, 1.82) is 0 Å². The van der Waals surface area contributed by atoms with Gasteiger partial charge in [-0.2, -0.15) is 18.3 Å². The zero-order chi connectivity index (χ0) is 29.5. The van der Waals surface area contributed by atoms with E-state index >= 15 is 0 Å². The Morgan fingerprint density at radius 1 is 1.15 bits per heavy atom. The van der Waals surface area contributed by atoms with E-state index in [1.165, 1.54) is 31.5 Å². The van der Waals surface area contributed by atoms with E-state index in [-0.39, 0.29) is 17.2 Å². The van der Waals surface area contributed by atoms with Gasteiger partial charge in [0.25, 0.3) is 15.9 Å². The fourth-order valence-electron chi connectivity index (χ4n) is 3.43. The Bertz CT molecular complexity index is 1510. The monoisotopic (exact) mass is 639 g/mol. The number of hydrogen-bond donors (Lipinski definition) is 1. The van der Waals surface area contributed by atoms with Gasteiger partial charge in [-0.15, -0.1) is 0 Å². The zero-order valence-corrected chi connectivity index (χ0v) is 23.8. The van der Waals surface area contributed by atoms with E-state index in [1.54, 1.807) is 37.3 Å². The van der Waals surface area contributed by atoms with E-state index in [0.29, 0.717) is 31.9 Å². The van der Waals surface area contributed by atoms with E-state index in [0.717, 1.165) is 17.7 Å². The number of rotatable bonds is 11. The summed E-state index contributed by atoms with van der Waals surface area (Å²) in [6.45, 7) is 4.75. The highest BCUT2D eigenvalue weighted by molar-refractivity contribution is 9.10. The molecule has 3 rings (SSSR count). The number of ether oxygens (including phenoxy) is 2. The van der Waals surface area contributed by atoms with Crippen LogP contribution in [0.15, 0.2) is 87.8 Å². The number of aryl methyl sites for hydroxylation is 1. The number of benzene rings is 3. The number of nitrogens with one attached hydrogen (secondary N) is 1. The SMILES string of the molecule is C=CCOc1c(Br)cc(/C=N/NC(=O)CN(c2cccc(C(F)(F)F)c2)S(=O)(=O)c2ccc(C)cc2)cc1OC. The number of nitrogens with zero attached hydrogens (tertiary/aromatic N) is 2. The van der Waals surface area contributed by atoms with Gasteiger partial charge in [0, 0.05) is 0 Å². The summed E-state index contributed by atoms with van der Waals surface area (Å²) in [5.74, 6) is -0.0770. The molecule has 3 aromatic carbocycles. The average molecular weight is 640 g/mol. The van der Waals surface area contributed by atoms with Crippen LogP contribution in [0.5, 0.6) is 11.5 Å². The summed E-state index contributed by atoms with van der Waals surface area (Å²) in [6.07, 6.45) is -1.87. The van der Waals surface area contributed by atoms with Gasteiger partial charge in [-0.05, 0) is 70.9 Å². The molecule has 0 aliphatic carbocycles. The smallest absolute Gasteiger partial charge is 0.416 e. The Kier molecular flexibility index (Phi) is 9.98. The number of carbonyl (C=O) groups is 1. The lowest BCUT2D eigenvalue weighted by molar-refractivity contribution is -0.137. The highest BCUT2D eigenvalue weighted by Gasteiger charge is 2.33. The average Bonchev–Trinajstić information content (AvgIpc) is 2.90. The molecule has 0 saturated heterocycles. The maximum atomic E-state index is 13.4. The molecular weight excluding hydrogens is 615 g/mol. The van der Waals surface area contributed by atoms with Crippen LogP contribution in [-0.4, -0.2) is 40.8 Å². The number of anilines is 1. The first-order chi connectivity index (χ1) is 18.9. The predicted molar refractivity (Wildman–Crippen MR) is 149 cm³/mol. The highest BCUT2D eigenvalue weighted by atomic mass is 79.9. The second kappa shape index (κ2) is 13.0. The van der Waals surface area contributed by atoms with Gasteiger partial charge in [0.2, 0.25) is 0 Å². The molecule has 1 amide bonds. The predicted octanol–water partition coefficient (Wildman–Crippen LogP) is 5.70. The first-order valence-electron chi connectivity index (χ1n) is 11.6. The quantitative estimate of drug-likeness (QED) is 0.165. The molecule has 0 radical (unpaired) electrons. The number of amides is 1. The van der Waals surface area contributed by atoms with Gasteiger partial charge in [0.15, 0.2) is 11.5 Å². The van der Waals surface area contributed by atoms with Crippen LogP contribution in [0.4, 0.5) is 18.9 Å². The number of halogens is 4. The maximum Gasteiger partial charge on any atom is 0.416 e. The zero-order valence-electron chi connectivity index (χ0n) is 21.4. The first-order valence-corrected chi connectivity index (χ1v) is 13.8. The van der Waals surface area contributed by atoms with E-state index < -0.39 is 34.2 Å². The number of carbonyl (C=O) groups excluding carboxylic acids is 1. The molecule has 212 valence electrons. The molecule has 0 spiro atoms. The minimum Gasteiger partial charge on any atom is -0.493 e. The van der Waals surface area contributed by atoms with Crippen molar-refractivity contribution in [2.45, 2.75) is 18.0 Å². The van der Waals surface area contributed by atoms with Crippen LogP contribution in [0.2, 0.25) is 0 Å². The third-order valence-electron chi connectivity index (χ3n) is 5.36. The second-order valence-electron chi connectivity index (χ2n) is 8.30. The van der Waals surface area contributed by atoms with Crippen LogP contribution in [0.25, 0.3) is 0 Å². The van der Waals surface area contributed by atoms with Gasteiger partial charge in [0.05, 0.1) is 33.9 Å². The lowest BCUT2D eigenvalue weighted by Crippen LogP contribution is -2.39. The number of hydrogen-bond acceptors (Lipinski definition) is 6. The first kappa shape index (κ1) is 30.7. The van der Waals surface area contributed by atoms with Crippen molar-refractivity contribution in [3.05, 3.63) is 94.5 Å². The Morgan fingerprint density at radius 2 is 1.85 bits per heavy atom. The molecule has 0 heterocycles. The molecule has 3 aromatic rings. The maximum absolute atomic E-state index is 13.4. The van der Waals surface area contributed by atoms with Crippen LogP contribution >= 0.6 is 15.9 Å². The van der Waals surface area contributed by atoms with Gasteiger partial charge in [-0.25, -0.2) is 13.8 Å². The highest BCUT2D eigenvalue weighted by Crippen LogP contribution is 2.36. The van der Waals surface area contributed by atoms with Gasteiger partial charge < -0.3 is 9.47 Å². The Hall–Kier alpha value is -3.84. The molecule has 0 fully saturated rings. The third-order valence-corrected chi connectivity index (χ3v) is 7.73. The summed E-state index contributed by atoms with van der Waals surface area (Å²) in [5.41, 5.74) is 2.09. The van der Waals surface area contributed by atoms with Crippen molar-refractivity contribution in [1.82, 2.24) is 5.43 Å². The number of methoxy groups -OCH3 is 1. The van der Waals surface area contributed by atoms with E-state index in [2.05, 4.69) is 33.0 Å². The summed E-state index contributed by atoms with van der Waals surface area (Å²) >= 11 is 3.37. The third kappa shape index (κ3) is 7.63. The van der Waals surface area contributed by atoms with Crippen molar-refractivity contribution in [3.63, 3.8) is 0 Å². The topological polar surface area (TPSA) is 97.3 Å². The molecule has 0 aliphatic heterocycles. The molecule has 40 heavy (non-hydrogen) atoms. The summed E-state index contributed by atoms with van der Waals surface area (Å²) in [4.78, 5) is 12.6. The van der Waals surface area contributed by atoms with Gasteiger partial charge in [0.1, 0.15) is 13.2 Å². The Labute approximate surface area is 238 Å². The van der Waals surface area contributed by atoms with Crippen molar-refractivity contribution in [2.75, 3.05) is 24.6 Å². The largest absolute Gasteiger partial charge is 0.493 e. The van der Waals surface area contributed by atoms with Crippen LogP contribution in [0.3, 0.4) is 0 Å². The van der Waals surface area contributed by atoms with E-state index in [1.807, 2.05) is 0 Å². The Balaban J connectivity index is 1.88. The van der Waals surface area contributed by atoms with Crippen molar-refractivity contribution >= 4 is 43.8 Å². The lowest BCUT2D eigenvalue weighted by Gasteiger charge is -2.24. The van der Waals surface area contributed by atoms with Crippen LogP contribution in [0.1, 0.15) is 16.7 Å². The van der Waals surface area contributed by atoms with Crippen molar-refractivity contribution in [3.8, 4) is 11.5 Å². The fourth-order valence-corrected chi connectivity index (χ4v) is 5.42. The second-order valence-corrected chi connectivity index (χ2v) is 11.0. The minimum absolute atomic E-state index is 0.192. The van der Waals surface area contributed by atoms with Gasteiger partial charge >= 0.3 is 6.18 Å². The molecule has 0 unspecified atom stereocenters. The molecule has 0 atom stereocenters. The summed E-state index contributed by atoms with van der Waals surface area (Å²) < 4.78 is 79.0. The van der Waals surface area contributed by atoms with E-state index in [4.69, 9.17) is 9.47 Å². The van der Waals surface area contributed by atoms with E-state index in [9.17, 15) is 26.4 Å². The van der Waals surface area contributed by atoms with Crippen molar-refractivity contribution in [2.24, 2.45) is 5.10 Å².